The van der Waals surface area contributed by atoms with E-state index in [1.54, 1.807) is 0 Å². The molecule has 0 aliphatic carbocycles. The standard InChI is InChI=1S/C21H28N4O/c1-5-16(4)24-20(26)18-8-6-7-17(12-18)13-23-21(22)25-19-10-14(2)9-15(3)11-19/h6-12,16H,5,13H2,1-4H3,(H,24,26)(H3,22,23,25). The molecule has 4 N–H and O–H groups in total. The fourth-order valence-electron chi connectivity index (χ4n) is 2.63. The quantitative estimate of drug-likeness (QED) is 0.547. The summed E-state index contributed by atoms with van der Waals surface area (Å²) >= 11 is 0. The predicted molar refractivity (Wildman–Crippen MR) is 109 cm³/mol. The van der Waals surface area contributed by atoms with E-state index in [4.69, 9.17) is 5.73 Å². The number of amides is 1. The number of rotatable bonds is 6. The Hall–Kier alpha value is -2.82. The number of aryl methyl sites for hydroxylation is 2. The molecule has 0 bridgehead atoms. The molecule has 0 spiro atoms. The first kappa shape index (κ1) is 19.5. The highest BCUT2D eigenvalue weighted by Crippen LogP contribution is 2.13. The maximum atomic E-state index is 12.2. The van der Waals surface area contributed by atoms with Crippen molar-refractivity contribution in [3.8, 4) is 0 Å². The molecule has 1 amide bonds. The van der Waals surface area contributed by atoms with Crippen LogP contribution in [0.1, 0.15) is 47.3 Å². The summed E-state index contributed by atoms with van der Waals surface area (Å²) in [5.74, 6) is 0.288. The van der Waals surface area contributed by atoms with Gasteiger partial charge in [-0.2, -0.15) is 0 Å². The van der Waals surface area contributed by atoms with Gasteiger partial charge in [0.05, 0.1) is 6.54 Å². The molecule has 5 nitrogen and oxygen atoms in total. The zero-order valence-corrected chi connectivity index (χ0v) is 16.0. The van der Waals surface area contributed by atoms with Gasteiger partial charge in [-0.25, -0.2) is 4.99 Å². The van der Waals surface area contributed by atoms with Crippen LogP contribution in [0.4, 0.5) is 5.69 Å². The molecule has 26 heavy (non-hydrogen) atoms. The van der Waals surface area contributed by atoms with E-state index >= 15 is 0 Å². The summed E-state index contributed by atoms with van der Waals surface area (Å²) in [7, 11) is 0. The molecule has 2 aromatic rings. The third-order valence-corrected chi connectivity index (χ3v) is 4.11. The van der Waals surface area contributed by atoms with Gasteiger partial charge >= 0.3 is 0 Å². The minimum absolute atomic E-state index is 0.0634. The second-order valence-corrected chi connectivity index (χ2v) is 6.69. The summed E-state index contributed by atoms with van der Waals surface area (Å²) in [4.78, 5) is 16.6. The number of nitrogens with zero attached hydrogens (tertiary/aromatic N) is 1. The monoisotopic (exact) mass is 352 g/mol. The summed E-state index contributed by atoms with van der Waals surface area (Å²) in [6.07, 6.45) is 0.899. The molecule has 0 aliphatic rings. The van der Waals surface area contributed by atoms with E-state index in [2.05, 4.69) is 21.7 Å². The lowest BCUT2D eigenvalue weighted by atomic mass is 10.1. The highest BCUT2D eigenvalue weighted by molar-refractivity contribution is 5.94. The van der Waals surface area contributed by atoms with E-state index in [1.807, 2.05) is 64.1 Å². The first-order chi connectivity index (χ1) is 12.4. The molecular weight excluding hydrogens is 324 g/mol. The van der Waals surface area contributed by atoms with Gasteiger partial charge in [0, 0.05) is 17.3 Å². The van der Waals surface area contributed by atoms with Crippen LogP contribution in [0, 0.1) is 13.8 Å². The van der Waals surface area contributed by atoms with Gasteiger partial charge in [-0.15, -0.1) is 0 Å². The zero-order chi connectivity index (χ0) is 19.1. The van der Waals surface area contributed by atoms with Crippen LogP contribution in [0.5, 0.6) is 0 Å². The van der Waals surface area contributed by atoms with Crippen LogP contribution in [0.2, 0.25) is 0 Å². The Morgan fingerprint density at radius 1 is 1.15 bits per heavy atom. The van der Waals surface area contributed by atoms with Crippen molar-refractivity contribution in [2.24, 2.45) is 10.7 Å². The molecule has 5 heteroatoms. The van der Waals surface area contributed by atoms with Gasteiger partial charge in [-0.3, -0.25) is 4.79 Å². The van der Waals surface area contributed by atoms with Crippen molar-refractivity contribution in [3.63, 3.8) is 0 Å². The molecule has 1 atom stereocenters. The maximum Gasteiger partial charge on any atom is 0.251 e. The first-order valence-electron chi connectivity index (χ1n) is 8.92. The molecule has 0 saturated carbocycles. The zero-order valence-electron chi connectivity index (χ0n) is 16.0. The van der Waals surface area contributed by atoms with E-state index < -0.39 is 0 Å². The fourth-order valence-corrected chi connectivity index (χ4v) is 2.63. The van der Waals surface area contributed by atoms with Crippen molar-refractivity contribution in [3.05, 3.63) is 64.7 Å². The van der Waals surface area contributed by atoms with E-state index in [1.165, 1.54) is 11.1 Å². The highest BCUT2D eigenvalue weighted by atomic mass is 16.1. The lowest BCUT2D eigenvalue weighted by Gasteiger charge is -2.12. The van der Waals surface area contributed by atoms with E-state index in [-0.39, 0.29) is 11.9 Å². The molecule has 1 unspecified atom stereocenters. The number of anilines is 1. The SMILES string of the molecule is CCC(C)NC(=O)c1cccc(CN=C(N)Nc2cc(C)cc(C)c2)c1. The number of nitrogens with one attached hydrogen (secondary N) is 2. The summed E-state index contributed by atoms with van der Waals surface area (Å²) in [6.45, 7) is 8.53. The van der Waals surface area contributed by atoms with Crippen molar-refractivity contribution < 1.29 is 4.79 Å². The number of carbonyl (C=O) groups is 1. The summed E-state index contributed by atoms with van der Waals surface area (Å²) in [5, 5.41) is 6.08. The smallest absolute Gasteiger partial charge is 0.251 e. The van der Waals surface area contributed by atoms with E-state index in [0.29, 0.717) is 18.1 Å². The Balaban J connectivity index is 2.02. The van der Waals surface area contributed by atoms with Crippen molar-refractivity contribution in [2.75, 3.05) is 5.32 Å². The molecular formula is C21H28N4O. The van der Waals surface area contributed by atoms with Gasteiger partial charge in [-0.05, 0) is 68.1 Å². The van der Waals surface area contributed by atoms with Gasteiger partial charge in [0.15, 0.2) is 5.96 Å². The van der Waals surface area contributed by atoms with Crippen molar-refractivity contribution in [1.82, 2.24) is 5.32 Å². The Kier molecular flexibility index (Phi) is 6.78. The third kappa shape index (κ3) is 5.92. The summed E-state index contributed by atoms with van der Waals surface area (Å²) in [5.41, 5.74) is 10.8. The molecule has 2 rings (SSSR count). The van der Waals surface area contributed by atoms with Crippen molar-refractivity contribution >= 4 is 17.6 Å². The van der Waals surface area contributed by atoms with Crippen molar-refractivity contribution in [2.45, 2.75) is 46.7 Å². The number of aliphatic imine (C=N–C) groups is 1. The number of nitrogens with two attached hydrogens (primary N) is 1. The third-order valence-electron chi connectivity index (χ3n) is 4.11. The topological polar surface area (TPSA) is 79.5 Å². The predicted octanol–water partition coefficient (Wildman–Crippen LogP) is 3.76. The lowest BCUT2D eigenvalue weighted by Crippen LogP contribution is -2.31. The Morgan fingerprint density at radius 2 is 1.85 bits per heavy atom. The number of carbonyl (C=O) groups excluding carboxylic acids is 1. The first-order valence-corrected chi connectivity index (χ1v) is 8.92. The van der Waals surface area contributed by atoms with Gasteiger partial charge in [0.2, 0.25) is 0 Å². The van der Waals surface area contributed by atoms with Crippen LogP contribution in [0.15, 0.2) is 47.5 Å². The molecule has 0 aromatic heterocycles. The highest BCUT2D eigenvalue weighted by Gasteiger charge is 2.08. The van der Waals surface area contributed by atoms with Crippen LogP contribution in [-0.2, 0) is 6.54 Å². The van der Waals surface area contributed by atoms with Gasteiger partial charge < -0.3 is 16.4 Å². The Bertz CT molecular complexity index is 778. The number of benzene rings is 2. The average Bonchev–Trinajstić information content (AvgIpc) is 2.59. The van der Waals surface area contributed by atoms with Crippen LogP contribution < -0.4 is 16.4 Å². The van der Waals surface area contributed by atoms with E-state index in [9.17, 15) is 4.79 Å². The minimum atomic E-state index is -0.0634. The van der Waals surface area contributed by atoms with Crippen molar-refractivity contribution in [1.29, 1.82) is 0 Å². The largest absolute Gasteiger partial charge is 0.370 e. The average molecular weight is 352 g/mol. The van der Waals surface area contributed by atoms with Gasteiger partial charge in [-0.1, -0.05) is 25.1 Å². The van der Waals surface area contributed by atoms with Crippen LogP contribution in [0.25, 0.3) is 0 Å². The second kappa shape index (κ2) is 9.04. The molecule has 0 aliphatic heterocycles. The Morgan fingerprint density at radius 3 is 2.50 bits per heavy atom. The molecule has 0 heterocycles. The molecule has 0 saturated heterocycles. The van der Waals surface area contributed by atoms with Crippen LogP contribution in [0.3, 0.4) is 0 Å². The summed E-state index contributed by atoms with van der Waals surface area (Å²) in [6, 6.07) is 13.8. The van der Waals surface area contributed by atoms with Gasteiger partial charge in [0.1, 0.15) is 0 Å². The van der Waals surface area contributed by atoms with Crippen LogP contribution in [-0.4, -0.2) is 17.9 Å². The number of hydrogen-bond donors (Lipinski definition) is 3. The minimum Gasteiger partial charge on any atom is -0.370 e. The molecule has 0 radical (unpaired) electrons. The molecule has 2 aromatic carbocycles. The van der Waals surface area contributed by atoms with Gasteiger partial charge in [0.25, 0.3) is 5.91 Å². The number of hydrogen-bond acceptors (Lipinski definition) is 2. The van der Waals surface area contributed by atoms with Crippen LogP contribution >= 0.6 is 0 Å². The lowest BCUT2D eigenvalue weighted by molar-refractivity contribution is 0.0939. The second-order valence-electron chi connectivity index (χ2n) is 6.69. The normalized spacial score (nSPS) is 12.5. The molecule has 0 fully saturated rings. The molecule has 138 valence electrons. The summed E-state index contributed by atoms with van der Waals surface area (Å²) < 4.78 is 0. The Labute approximate surface area is 155 Å². The van der Waals surface area contributed by atoms with E-state index in [0.717, 1.165) is 17.7 Å². The maximum absolute atomic E-state index is 12.2. The number of guanidine groups is 1. The fraction of sp³-hybridized carbons (Fsp3) is 0.333.